The molecule has 1 aromatic heterocycles. The Labute approximate surface area is 129 Å². The fraction of sp³-hybridized carbons (Fsp3) is 0.0833. The lowest BCUT2D eigenvalue weighted by atomic mass is 10.3. The number of nitrogens with zero attached hydrogens (tertiary/aromatic N) is 2. The molecular formula is C12H10BrN3O4S. The molecule has 0 saturated heterocycles. The molecule has 0 amide bonds. The van der Waals surface area contributed by atoms with Gasteiger partial charge in [-0.3, -0.25) is 15.1 Å². The van der Waals surface area contributed by atoms with Crippen LogP contribution in [-0.2, 0) is 16.6 Å². The van der Waals surface area contributed by atoms with Crippen molar-refractivity contribution in [1.29, 1.82) is 0 Å². The van der Waals surface area contributed by atoms with Crippen molar-refractivity contribution >= 4 is 31.6 Å². The topological polar surface area (TPSA) is 102 Å². The predicted octanol–water partition coefficient (Wildman–Crippen LogP) is 2.23. The molecule has 1 N–H and O–H groups in total. The van der Waals surface area contributed by atoms with Gasteiger partial charge in [0.15, 0.2) is 4.90 Å². The van der Waals surface area contributed by atoms with Crippen LogP contribution >= 0.6 is 15.9 Å². The lowest BCUT2D eigenvalue weighted by Crippen LogP contribution is -2.24. The summed E-state index contributed by atoms with van der Waals surface area (Å²) in [6.45, 7) is -0.000158. The van der Waals surface area contributed by atoms with Gasteiger partial charge in [-0.15, -0.1) is 0 Å². The summed E-state index contributed by atoms with van der Waals surface area (Å²) in [5.74, 6) is 0. The van der Waals surface area contributed by atoms with Crippen LogP contribution in [0.4, 0.5) is 5.69 Å². The average Bonchev–Trinajstić information content (AvgIpc) is 2.46. The van der Waals surface area contributed by atoms with E-state index in [4.69, 9.17) is 0 Å². The lowest BCUT2D eigenvalue weighted by Gasteiger charge is -2.07. The zero-order chi connectivity index (χ0) is 15.5. The van der Waals surface area contributed by atoms with Crippen LogP contribution in [0.5, 0.6) is 0 Å². The van der Waals surface area contributed by atoms with Crippen LogP contribution in [0.25, 0.3) is 0 Å². The van der Waals surface area contributed by atoms with Gasteiger partial charge < -0.3 is 0 Å². The minimum atomic E-state index is -4.01. The van der Waals surface area contributed by atoms with Crippen molar-refractivity contribution in [2.45, 2.75) is 11.4 Å². The monoisotopic (exact) mass is 371 g/mol. The first kappa shape index (κ1) is 15.5. The molecular weight excluding hydrogens is 362 g/mol. The molecule has 1 heterocycles. The number of halogens is 1. The zero-order valence-corrected chi connectivity index (χ0v) is 13.0. The quantitative estimate of drug-likeness (QED) is 0.641. The molecule has 0 bridgehead atoms. The van der Waals surface area contributed by atoms with E-state index >= 15 is 0 Å². The molecule has 0 aliphatic heterocycles. The fourth-order valence-corrected chi connectivity index (χ4v) is 3.34. The lowest BCUT2D eigenvalue weighted by molar-refractivity contribution is -0.387. The van der Waals surface area contributed by atoms with E-state index < -0.39 is 20.6 Å². The van der Waals surface area contributed by atoms with Gasteiger partial charge in [0, 0.05) is 29.5 Å². The molecule has 2 aromatic rings. The number of benzene rings is 1. The van der Waals surface area contributed by atoms with E-state index in [9.17, 15) is 18.5 Å². The third-order valence-electron chi connectivity index (χ3n) is 2.60. The number of rotatable bonds is 5. The SMILES string of the molecule is O=[N+]([O-])c1ccc(Br)cc1S(=O)(=O)NCc1cccnc1. The molecule has 1 aromatic carbocycles. The third kappa shape index (κ3) is 3.84. The predicted molar refractivity (Wildman–Crippen MR) is 79.1 cm³/mol. The molecule has 0 fully saturated rings. The Bertz CT molecular complexity index is 765. The molecule has 0 unspecified atom stereocenters. The van der Waals surface area contributed by atoms with Crippen molar-refractivity contribution in [1.82, 2.24) is 9.71 Å². The molecule has 0 aliphatic carbocycles. The number of hydrogen-bond acceptors (Lipinski definition) is 5. The van der Waals surface area contributed by atoms with Crippen molar-refractivity contribution < 1.29 is 13.3 Å². The summed E-state index contributed by atoms with van der Waals surface area (Å²) in [4.78, 5) is 13.7. The highest BCUT2D eigenvalue weighted by Gasteiger charge is 2.25. The maximum Gasteiger partial charge on any atom is 0.289 e. The molecule has 0 radical (unpaired) electrons. The van der Waals surface area contributed by atoms with Crippen LogP contribution in [0.2, 0.25) is 0 Å². The van der Waals surface area contributed by atoms with Gasteiger partial charge in [0.25, 0.3) is 5.69 Å². The minimum Gasteiger partial charge on any atom is -0.264 e. The van der Waals surface area contributed by atoms with Gasteiger partial charge in [0.05, 0.1) is 4.92 Å². The van der Waals surface area contributed by atoms with Crippen molar-refractivity contribution in [2.75, 3.05) is 0 Å². The Hall–Kier alpha value is -1.84. The van der Waals surface area contributed by atoms with Crippen molar-refractivity contribution in [3.05, 3.63) is 62.9 Å². The smallest absolute Gasteiger partial charge is 0.264 e. The van der Waals surface area contributed by atoms with E-state index in [1.54, 1.807) is 18.3 Å². The zero-order valence-electron chi connectivity index (χ0n) is 10.6. The van der Waals surface area contributed by atoms with E-state index in [0.29, 0.717) is 10.0 Å². The van der Waals surface area contributed by atoms with Crippen molar-refractivity contribution in [2.24, 2.45) is 0 Å². The molecule has 110 valence electrons. The summed E-state index contributed by atoms with van der Waals surface area (Å²) in [6.07, 6.45) is 3.08. The highest BCUT2D eigenvalue weighted by Crippen LogP contribution is 2.27. The van der Waals surface area contributed by atoms with Crippen LogP contribution in [0.1, 0.15) is 5.56 Å². The highest BCUT2D eigenvalue weighted by atomic mass is 79.9. The number of sulfonamides is 1. The molecule has 0 saturated carbocycles. The molecule has 0 spiro atoms. The van der Waals surface area contributed by atoms with Crippen LogP contribution < -0.4 is 4.72 Å². The van der Waals surface area contributed by atoms with Crippen LogP contribution in [0.15, 0.2) is 52.1 Å². The highest BCUT2D eigenvalue weighted by molar-refractivity contribution is 9.10. The number of nitro groups is 1. The summed E-state index contributed by atoms with van der Waals surface area (Å²) in [5, 5.41) is 10.9. The maximum absolute atomic E-state index is 12.2. The summed E-state index contributed by atoms with van der Waals surface area (Å²) in [6, 6.07) is 7.13. The number of aromatic nitrogens is 1. The second-order valence-corrected chi connectivity index (χ2v) is 6.71. The van der Waals surface area contributed by atoms with Gasteiger partial charge in [-0.2, -0.15) is 0 Å². The molecule has 0 aliphatic rings. The minimum absolute atomic E-state index is 0.000158. The first-order valence-electron chi connectivity index (χ1n) is 5.72. The third-order valence-corrected chi connectivity index (χ3v) is 4.52. The van der Waals surface area contributed by atoms with Crippen LogP contribution in [-0.4, -0.2) is 18.3 Å². The van der Waals surface area contributed by atoms with Gasteiger partial charge in [0.1, 0.15) is 0 Å². The van der Waals surface area contributed by atoms with Gasteiger partial charge in [-0.05, 0) is 23.8 Å². The molecule has 0 atom stereocenters. The van der Waals surface area contributed by atoms with Gasteiger partial charge >= 0.3 is 0 Å². The first-order chi connectivity index (χ1) is 9.90. The maximum atomic E-state index is 12.2. The van der Waals surface area contributed by atoms with E-state index in [2.05, 4.69) is 25.6 Å². The Kier molecular flexibility index (Phi) is 4.66. The van der Waals surface area contributed by atoms with Crippen molar-refractivity contribution in [3.8, 4) is 0 Å². The summed E-state index contributed by atoms with van der Waals surface area (Å²) >= 11 is 3.11. The number of nitrogens with one attached hydrogen (secondary N) is 1. The summed E-state index contributed by atoms with van der Waals surface area (Å²) < 4.78 is 27.2. The molecule has 7 nitrogen and oxygen atoms in total. The Morgan fingerprint density at radius 1 is 1.33 bits per heavy atom. The molecule has 21 heavy (non-hydrogen) atoms. The number of hydrogen-bond donors (Lipinski definition) is 1. The Morgan fingerprint density at radius 2 is 2.10 bits per heavy atom. The first-order valence-corrected chi connectivity index (χ1v) is 8.00. The second-order valence-electron chi connectivity index (χ2n) is 4.05. The number of nitro benzene ring substituents is 1. The van der Waals surface area contributed by atoms with E-state index in [-0.39, 0.29) is 11.4 Å². The normalized spacial score (nSPS) is 11.3. The Balaban J connectivity index is 2.31. The largest absolute Gasteiger partial charge is 0.289 e. The number of pyridine rings is 1. The van der Waals surface area contributed by atoms with Crippen molar-refractivity contribution in [3.63, 3.8) is 0 Å². The fourth-order valence-electron chi connectivity index (χ4n) is 1.61. The van der Waals surface area contributed by atoms with E-state index in [1.165, 1.54) is 18.3 Å². The van der Waals surface area contributed by atoms with Crippen LogP contribution in [0, 0.1) is 10.1 Å². The summed E-state index contributed by atoms with van der Waals surface area (Å²) in [7, 11) is -4.01. The van der Waals surface area contributed by atoms with Gasteiger partial charge in [-0.1, -0.05) is 22.0 Å². The van der Waals surface area contributed by atoms with Gasteiger partial charge in [0.2, 0.25) is 10.0 Å². The van der Waals surface area contributed by atoms with E-state index in [0.717, 1.165) is 6.07 Å². The molecule has 2 rings (SSSR count). The van der Waals surface area contributed by atoms with Crippen LogP contribution in [0.3, 0.4) is 0 Å². The average molecular weight is 372 g/mol. The summed E-state index contributed by atoms with van der Waals surface area (Å²) in [5.41, 5.74) is 0.176. The molecule has 9 heteroatoms. The standard InChI is InChI=1S/C12H10BrN3O4S/c13-10-3-4-11(16(17)18)12(6-10)21(19,20)15-8-9-2-1-5-14-7-9/h1-7,15H,8H2. The van der Waals surface area contributed by atoms with E-state index in [1.807, 2.05) is 0 Å². The second kappa shape index (κ2) is 6.29. The van der Waals surface area contributed by atoms with Gasteiger partial charge in [-0.25, -0.2) is 13.1 Å². The Morgan fingerprint density at radius 3 is 2.71 bits per heavy atom.